The minimum Gasteiger partial charge on any atom is -0.469 e. The summed E-state index contributed by atoms with van der Waals surface area (Å²) in [5, 5.41) is 0. The third-order valence-corrected chi connectivity index (χ3v) is 9.30. The van der Waals surface area contributed by atoms with E-state index in [9.17, 15) is 14.4 Å². The third-order valence-electron chi connectivity index (χ3n) is 9.30. The number of methoxy groups -OCH3 is 1. The van der Waals surface area contributed by atoms with E-state index in [0.717, 1.165) is 44.9 Å². The highest BCUT2D eigenvalue weighted by molar-refractivity contribution is 5.92. The Morgan fingerprint density at radius 3 is 2.46 bits per heavy atom. The number of hydrogen-bond donors (Lipinski definition) is 0. The Morgan fingerprint density at radius 2 is 1.79 bits per heavy atom. The molecule has 0 N–H and O–H groups in total. The molecule has 4 rings (SSSR count). The molecule has 0 unspecified atom stereocenters. The Hall–Kier alpha value is -1.39. The second-order valence-corrected chi connectivity index (χ2v) is 10.2. The van der Waals surface area contributed by atoms with Crippen LogP contribution in [-0.2, 0) is 23.9 Å². The molecule has 5 nitrogen and oxygen atoms in total. The number of Topliss-reactive ketones (excluding diaryl/α,β-unsaturated/α-hetero) is 1. The lowest BCUT2D eigenvalue weighted by Gasteiger charge is -2.60. The Labute approximate surface area is 167 Å². The summed E-state index contributed by atoms with van der Waals surface area (Å²) in [7, 11) is 1.43. The van der Waals surface area contributed by atoms with Crippen LogP contribution in [0.1, 0.15) is 72.1 Å². The summed E-state index contributed by atoms with van der Waals surface area (Å²) < 4.78 is 10.6. The van der Waals surface area contributed by atoms with Crippen molar-refractivity contribution < 1.29 is 23.9 Å². The second-order valence-electron chi connectivity index (χ2n) is 10.2. The number of fused-ring (bicyclic) bond motifs is 5. The highest BCUT2D eigenvalue weighted by Crippen LogP contribution is 2.66. The Bertz CT molecular complexity index is 686. The van der Waals surface area contributed by atoms with Crippen molar-refractivity contribution in [2.75, 3.05) is 7.11 Å². The number of hydrogen-bond acceptors (Lipinski definition) is 5. The molecule has 8 atom stereocenters. The second kappa shape index (κ2) is 6.84. The lowest BCUT2D eigenvalue weighted by molar-refractivity contribution is -0.171. The predicted molar refractivity (Wildman–Crippen MR) is 103 cm³/mol. The smallest absolute Gasteiger partial charge is 0.309 e. The monoisotopic (exact) mass is 390 g/mol. The molecule has 28 heavy (non-hydrogen) atoms. The molecule has 4 saturated carbocycles. The van der Waals surface area contributed by atoms with Gasteiger partial charge in [0.05, 0.1) is 13.0 Å². The largest absolute Gasteiger partial charge is 0.469 e. The molecule has 156 valence electrons. The summed E-state index contributed by atoms with van der Waals surface area (Å²) in [5.74, 6) is 1.32. The van der Waals surface area contributed by atoms with E-state index in [-0.39, 0.29) is 35.2 Å². The van der Waals surface area contributed by atoms with Gasteiger partial charge in [0.25, 0.3) is 0 Å². The predicted octanol–water partition coefficient (Wildman–Crippen LogP) is 3.93. The average molecular weight is 391 g/mol. The quantitative estimate of drug-likeness (QED) is 0.668. The van der Waals surface area contributed by atoms with E-state index in [1.54, 1.807) is 0 Å². The topological polar surface area (TPSA) is 69.7 Å². The number of carbonyl (C=O) groups excluding carboxylic acids is 3. The molecule has 4 fully saturated rings. The van der Waals surface area contributed by atoms with E-state index in [4.69, 9.17) is 9.47 Å². The van der Waals surface area contributed by atoms with Crippen molar-refractivity contribution in [3.05, 3.63) is 0 Å². The van der Waals surface area contributed by atoms with Crippen molar-refractivity contribution in [2.45, 2.75) is 78.2 Å². The normalized spacial score (nSPS) is 47.5. The first-order valence-corrected chi connectivity index (χ1v) is 11.0. The van der Waals surface area contributed by atoms with Crippen LogP contribution in [0.15, 0.2) is 0 Å². The fourth-order valence-electron chi connectivity index (χ4n) is 7.80. The Morgan fingerprint density at radius 1 is 1.04 bits per heavy atom. The Balaban J connectivity index is 1.58. The molecule has 0 amide bonds. The SMILES string of the molecule is COC(=O)[C@H]1CC[C@H]2[C@@H]3CC[C@H]4C[C@@H](OC(C)=O)CC[C@]4(C)[C@H]3CC(=O)[C@]12C. The molecule has 0 aromatic rings. The number of ketones is 1. The van der Waals surface area contributed by atoms with Crippen LogP contribution in [0.5, 0.6) is 0 Å². The highest BCUT2D eigenvalue weighted by Gasteiger charge is 2.65. The molecule has 5 heteroatoms. The summed E-state index contributed by atoms with van der Waals surface area (Å²) in [6, 6.07) is 0. The lowest BCUT2D eigenvalue weighted by atomic mass is 9.44. The van der Waals surface area contributed by atoms with Gasteiger partial charge in [0.15, 0.2) is 0 Å². The van der Waals surface area contributed by atoms with Crippen LogP contribution in [0.4, 0.5) is 0 Å². The minimum atomic E-state index is -0.549. The molecule has 0 bridgehead atoms. The zero-order chi connectivity index (χ0) is 20.3. The van der Waals surface area contributed by atoms with E-state index in [0.29, 0.717) is 30.1 Å². The molecule has 0 spiro atoms. The zero-order valence-electron chi connectivity index (χ0n) is 17.7. The van der Waals surface area contributed by atoms with Gasteiger partial charge in [-0.15, -0.1) is 0 Å². The summed E-state index contributed by atoms with van der Waals surface area (Å²) in [6.45, 7) is 5.90. The minimum absolute atomic E-state index is 0.0341. The summed E-state index contributed by atoms with van der Waals surface area (Å²) >= 11 is 0. The zero-order valence-corrected chi connectivity index (χ0v) is 17.7. The van der Waals surface area contributed by atoms with Crippen LogP contribution >= 0.6 is 0 Å². The van der Waals surface area contributed by atoms with Crippen LogP contribution < -0.4 is 0 Å². The van der Waals surface area contributed by atoms with E-state index in [2.05, 4.69) is 6.92 Å². The Kier molecular flexibility index (Phi) is 4.86. The molecule has 0 radical (unpaired) electrons. The number of ether oxygens (including phenoxy) is 2. The van der Waals surface area contributed by atoms with Crippen LogP contribution in [0, 0.1) is 40.4 Å². The van der Waals surface area contributed by atoms with Crippen molar-refractivity contribution >= 4 is 17.7 Å². The number of rotatable bonds is 2. The molecule has 0 heterocycles. The first-order valence-electron chi connectivity index (χ1n) is 11.0. The van der Waals surface area contributed by atoms with Gasteiger partial charge >= 0.3 is 11.9 Å². The van der Waals surface area contributed by atoms with Crippen LogP contribution in [0.25, 0.3) is 0 Å². The van der Waals surface area contributed by atoms with Crippen molar-refractivity contribution in [1.82, 2.24) is 0 Å². The maximum absolute atomic E-state index is 13.4. The molecule has 0 aliphatic heterocycles. The fourth-order valence-corrected chi connectivity index (χ4v) is 7.80. The molecule has 0 aromatic carbocycles. The molecular weight excluding hydrogens is 356 g/mol. The van der Waals surface area contributed by atoms with Crippen molar-refractivity contribution in [1.29, 1.82) is 0 Å². The van der Waals surface area contributed by atoms with Gasteiger partial charge in [0.1, 0.15) is 11.9 Å². The average Bonchev–Trinajstić information content (AvgIpc) is 3.01. The van der Waals surface area contributed by atoms with Gasteiger partial charge < -0.3 is 9.47 Å². The third kappa shape index (κ3) is 2.75. The maximum Gasteiger partial charge on any atom is 0.309 e. The van der Waals surface area contributed by atoms with Crippen LogP contribution in [-0.4, -0.2) is 30.9 Å². The summed E-state index contributed by atoms with van der Waals surface area (Å²) in [4.78, 5) is 37.2. The van der Waals surface area contributed by atoms with E-state index in [1.807, 2.05) is 6.92 Å². The molecule has 0 aromatic heterocycles. The molecule has 4 aliphatic carbocycles. The van der Waals surface area contributed by atoms with Gasteiger partial charge in [0, 0.05) is 18.8 Å². The van der Waals surface area contributed by atoms with E-state index >= 15 is 0 Å². The van der Waals surface area contributed by atoms with Gasteiger partial charge in [-0.2, -0.15) is 0 Å². The van der Waals surface area contributed by atoms with Gasteiger partial charge in [-0.1, -0.05) is 13.8 Å². The summed E-state index contributed by atoms with van der Waals surface area (Å²) in [6.07, 6.45) is 7.48. The van der Waals surface area contributed by atoms with Crippen LogP contribution in [0.2, 0.25) is 0 Å². The van der Waals surface area contributed by atoms with Gasteiger partial charge in [0.2, 0.25) is 0 Å². The van der Waals surface area contributed by atoms with Crippen molar-refractivity contribution in [3.8, 4) is 0 Å². The molecular formula is C23H34O5. The fraction of sp³-hybridized carbons (Fsp3) is 0.870. The van der Waals surface area contributed by atoms with Gasteiger partial charge in [-0.05, 0) is 74.0 Å². The number of carbonyl (C=O) groups is 3. The van der Waals surface area contributed by atoms with Crippen LogP contribution in [0.3, 0.4) is 0 Å². The number of esters is 2. The van der Waals surface area contributed by atoms with Crippen molar-refractivity contribution in [2.24, 2.45) is 40.4 Å². The van der Waals surface area contributed by atoms with Gasteiger partial charge in [-0.3, -0.25) is 14.4 Å². The van der Waals surface area contributed by atoms with Crippen molar-refractivity contribution in [3.63, 3.8) is 0 Å². The summed E-state index contributed by atoms with van der Waals surface area (Å²) in [5.41, 5.74) is -0.410. The first kappa shape index (κ1) is 19.9. The first-order chi connectivity index (χ1) is 13.2. The lowest BCUT2D eigenvalue weighted by Crippen LogP contribution is -2.57. The molecule has 0 saturated heterocycles. The van der Waals surface area contributed by atoms with E-state index in [1.165, 1.54) is 14.0 Å². The maximum atomic E-state index is 13.4. The standard InChI is InChI=1S/C23H34O5/c1-13(24)28-15-9-10-22(2)14(11-15)5-6-16-17-7-8-18(21(26)27-4)23(17,3)20(25)12-19(16)22/h14-19H,5-12H2,1-4H3/t14-,15-,16-,17-,18+,19-,22-,23-/m0/s1. The van der Waals surface area contributed by atoms with E-state index < -0.39 is 5.41 Å². The molecule has 4 aliphatic rings. The van der Waals surface area contributed by atoms with Gasteiger partial charge in [-0.25, -0.2) is 0 Å². The highest BCUT2D eigenvalue weighted by atomic mass is 16.5.